The minimum absolute atomic E-state index is 0.0186. The van der Waals surface area contributed by atoms with Crippen LogP contribution in [0, 0.1) is 30.6 Å². The van der Waals surface area contributed by atoms with Gasteiger partial charge in [0.05, 0.1) is 46.7 Å². The molecule has 12 nitrogen and oxygen atoms in total. The Balaban J connectivity index is 1.32. The lowest BCUT2D eigenvalue weighted by Gasteiger charge is -2.50. The third-order valence-corrected chi connectivity index (χ3v) is 11.8. The van der Waals surface area contributed by atoms with Crippen molar-refractivity contribution in [2.75, 3.05) is 17.4 Å². The summed E-state index contributed by atoms with van der Waals surface area (Å²) in [6, 6.07) is 22.8. The topological polar surface area (TPSA) is 174 Å². The van der Waals surface area contributed by atoms with Crippen LogP contribution in [-0.4, -0.2) is 57.0 Å². The Labute approximate surface area is 314 Å². The normalized spacial score (nSPS) is 25.9. The first-order valence-corrected chi connectivity index (χ1v) is 17.7. The minimum atomic E-state index is -1.57. The smallest absolute Gasteiger partial charge is 0.339 e. The predicted molar refractivity (Wildman–Crippen MR) is 196 cm³/mol. The number of imide groups is 2. The molecule has 2 heterocycles. The van der Waals surface area contributed by atoms with Gasteiger partial charge >= 0.3 is 5.97 Å². The number of phenols is 2. The number of aryl methyl sites for hydroxylation is 1. The maximum atomic E-state index is 15.3. The molecule has 2 aliphatic heterocycles. The summed E-state index contributed by atoms with van der Waals surface area (Å²) in [6.45, 7) is 1.92. The summed E-state index contributed by atoms with van der Waals surface area (Å²) in [5, 5.41) is 31.7. The average Bonchev–Trinajstić information content (AvgIpc) is 3.54. The number of nitrogens with one attached hydrogen (secondary N) is 1. The molecular formula is C41H34ClN3O9. The molecule has 6 atom stereocenters. The van der Waals surface area contributed by atoms with Crippen molar-refractivity contribution in [2.45, 2.75) is 31.1 Å². The molecule has 4 aromatic carbocycles. The molecule has 0 bridgehead atoms. The van der Waals surface area contributed by atoms with Gasteiger partial charge < -0.3 is 20.1 Å². The Morgan fingerprint density at radius 2 is 1.63 bits per heavy atom. The van der Waals surface area contributed by atoms with Gasteiger partial charge in [-0.1, -0.05) is 71.3 Å². The molecule has 4 aromatic rings. The number of rotatable bonds is 7. The van der Waals surface area contributed by atoms with Gasteiger partial charge in [-0.15, -0.1) is 0 Å². The monoisotopic (exact) mass is 747 g/mol. The largest absolute Gasteiger partial charge is 0.507 e. The number of carboxylic acid groups (broad SMARTS) is 1. The van der Waals surface area contributed by atoms with Crippen molar-refractivity contribution in [3.63, 3.8) is 0 Å². The summed E-state index contributed by atoms with van der Waals surface area (Å²) in [5.74, 6) is -8.82. The van der Waals surface area contributed by atoms with Gasteiger partial charge in [-0.05, 0) is 73.2 Å². The SMILES string of the molecule is COc1cc(C2C3=CCC4C(=O)N(c5ccc(C(=O)O)c(O)c5)C(=O)C4C3CC3C(=O)N(Nc4ccc(C)cc4)C(=O)C32c2ccccc2)cc(Cl)c1O. The van der Waals surface area contributed by atoms with E-state index in [1.165, 1.54) is 19.2 Å². The van der Waals surface area contributed by atoms with Gasteiger partial charge in [-0.3, -0.25) is 24.6 Å². The molecule has 0 aromatic heterocycles. The Morgan fingerprint density at radius 1 is 0.907 bits per heavy atom. The molecule has 274 valence electrons. The summed E-state index contributed by atoms with van der Waals surface area (Å²) in [5.41, 5.74) is 4.28. The first-order valence-electron chi connectivity index (χ1n) is 17.4. The second kappa shape index (κ2) is 12.8. The number of carboxylic acids is 1. The predicted octanol–water partition coefficient (Wildman–Crippen LogP) is 5.96. The van der Waals surface area contributed by atoms with E-state index in [1.54, 1.807) is 42.5 Å². The lowest BCUT2D eigenvalue weighted by atomic mass is 9.49. The number of carbonyl (C=O) groups excluding carboxylic acids is 4. The zero-order valence-electron chi connectivity index (χ0n) is 29.0. The van der Waals surface area contributed by atoms with Crippen molar-refractivity contribution in [3.8, 4) is 17.2 Å². The van der Waals surface area contributed by atoms with Crippen LogP contribution >= 0.6 is 11.6 Å². The number of halogens is 1. The van der Waals surface area contributed by atoms with Crippen LogP contribution in [0.4, 0.5) is 11.4 Å². The fourth-order valence-corrected chi connectivity index (χ4v) is 9.35. The number of aromatic carboxylic acids is 1. The number of hydrazine groups is 1. The number of fused-ring (bicyclic) bond motifs is 4. The van der Waals surface area contributed by atoms with Crippen molar-refractivity contribution in [2.24, 2.45) is 23.7 Å². The first-order chi connectivity index (χ1) is 25.9. The zero-order valence-corrected chi connectivity index (χ0v) is 29.8. The van der Waals surface area contributed by atoms with Crippen LogP contribution in [0.2, 0.25) is 5.02 Å². The fourth-order valence-electron chi connectivity index (χ4n) is 9.13. The van der Waals surface area contributed by atoms with E-state index in [2.05, 4.69) is 5.43 Å². The average molecular weight is 748 g/mol. The highest BCUT2D eigenvalue weighted by Gasteiger charge is 2.70. The highest BCUT2D eigenvalue weighted by atomic mass is 35.5. The van der Waals surface area contributed by atoms with Gasteiger partial charge in [0.1, 0.15) is 11.3 Å². The van der Waals surface area contributed by atoms with Gasteiger partial charge in [0.15, 0.2) is 11.5 Å². The molecule has 0 radical (unpaired) electrons. The summed E-state index contributed by atoms with van der Waals surface area (Å²) in [4.78, 5) is 71.3. The molecule has 4 aliphatic rings. The van der Waals surface area contributed by atoms with E-state index in [9.17, 15) is 34.5 Å². The maximum absolute atomic E-state index is 15.3. The van der Waals surface area contributed by atoms with Gasteiger partial charge in [-0.25, -0.2) is 9.69 Å². The van der Waals surface area contributed by atoms with E-state index in [0.717, 1.165) is 27.6 Å². The lowest BCUT2D eigenvalue weighted by molar-refractivity contribution is -0.138. The number of carbonyl (C=O) groups is 5. The highest BCUT2D eigenvalue weighted by Crippen LogP contribution is 2.64. The highest BCUT2D eigenvalue weighted by molar-refractivity contribution is 6.32. The molecule has 3 fully saturated rings. The minimum Gasteiger partial charge on any atom is -0.507 e. The van der Waals surface area contributed by atoms with E-state index in [-0.39, 0.29) is 40.6 Å². The van der Waals surface area contributed by atoms with Crippen molar-refractivity contribution in [3.05, 3.63) is 124 Å². The number of ether oxygens (including phenoxy) is 1. The van der Waals surface area contributed by atoms with Crippen LogP contribution in [0.3, 0.4) is 0 Å². The molecule has 0 spiro atoms. The summed E-state index contributed by atoms with van der Waals surface area (Å²) < 4.78 is 5.51. The fraction of sp³-hybridized carbons (Fsp3) is 0.244. The van der Waals surface area contributed by atoms with Crippen LogP contribution in [0.15, 0.2) is 96.6 Å². The number of amides is 4. The Hall–Kier alpha value is -6.14. The van der Waals surface area contributed by atoms with Gasteiger partial charge in [0.25, 0.3) is 11.8 Å². The van der Waals surface area contributed by atoms with E-state index in [4.69, 9.17) is 16.3 Å². The van der Waals surface area contributed by atoms with Crippen molar-refractivity contribution < 1.29 is 44.0 Å². The molecule has 1 saturated carbocycles. The number of allylic oxidation sites excluding steroid dienone is 2. The number of hydrogen-bond donors (Lipinski definition) is 4. The molecule has 4 N–H and O–H groups in total. The molecule has 54 heavy (non-hydrogen) atoms. The van der Waals surface area contributed by atoms with Gasteiger partial charge in [0.2, 0.25) is 11.8 Å². The van der Waals surface area contributed by atoms with Crippen LogP contribution < -0.4 is 15.1 Å². The number of aromatic hydroxyl groups is 2. The van der Waals surface area contributed by atoms with Crippen molar-refractivity contribution >= 4 is 52.6 Å². The van der Waals surface area contributed by atoms with Crippen LogP contribution in [-0.2, 0) is 24.6 Å². The molecule has 2 aliphatic carbocycles. The van der Waals surface area contributed by atoms with Crippen LogP contribution in [0.1, 0.15) is 45.8 Å². The number of nitrogens with zero attached hydrogens (tertiary/aromatic N) is 2. The third-order valence-electron chi connectivity index (χ3n) is 11.5. The van der Waals surface area contributed by atoms with Crippen LogP contribution in [0.25, 0.3) is 0 Å². The molecule has 6 unspecified atom stereocenters. The van der Waals surface area contributed by atoms with Crippen molar-refractivity contribution in [1.29, 1.82) is 0 Å². The number of benzene rings is 4. The molecule has 2 saturated heterocycles. The second-order valence-electron chi connectivity index (χ2n) is 14.2. The number of phenolic OH excluding ortho intramolecular Hbond substituents is 1. The molecule has 4 amide bonds. The second-order valence-corrected chi connectivity index (χ2v) is 14.6. The van der Waals surface area contributed by atoms with Gasteiger partial charge in [0, 0.05) is 12.0 Å². The summed E-state index contributed by atoms with van der Waals surface area (Å²) in [7, 11) is 1.37. The first kappa shape index (κ1) is 34.9. The van der Waals surface area contributed by atoms with E-state index in [1.807, 2.05) is 31.2 Å². The molecular weight excluding hydrogens is 714 g/mol. The Morgan fingerprint density at radius 3 is 2.30 bits per heavy atom. The summed E-state index contributed by atoms with van der Waals surface area (Å²) in [6.07, 6.45) is 2.03. The lowest BCUT2D eigenvalue weighted by Crippen LogP contribution is -2.53. The standard InChI is InChI=1S/C41H34ClN3O9/c1-20-8-10-23(11-9-20)43-45-37(49)29-19-28-25(14-15-27-33(28)38(50)44(36(27)48)24-12-13-26(39(51)52)31(46)18-24)34(21-16-30(42)35(47)32(17-21)54-2)41(29,40(45)53)22-6-4-3-5-7-22/h3-14,16-18,27-29,33-34,43,46-47H,15,19H2,1-2H3,(H,51,52). The summed E-state index contributed by atoms with van der Waals surface area (Å²) >= 11 is 6.62. The number of hydrogen-bond acceptors (Lipinski definition) is 9. The molecule has 13 heteroatoms. The quantitative estimate of drug-likeness (QED) is 0.131. The van der Waals surface area contributed by atoms with E-state index < -0.39 is 70.4 Å². The number of anilines is 2. The maximum Gasteiger partial charge on any atom is 0.339 e. The van der Waals surface area contributed by atoms with E-state index in [0.29, 0.717) is 22.4 Å². The Kier molecular flexibility index (Phi) is 8.26. The molecule has 8 rings (SSSR count). The zero-order chi connectivity index (χ0) is 38.2. The number of methoxy groups -OCH3 is 1. The third kappa shape index (κ3) is 5.00. The van der Waals surface area contributed by atoms with Crippen LogP contribution in [0.5, 0.6) is 17.2 Å². The van der Waals surface area contributed by atoms with Crippen molar-refractivity contribution in [1.82, 2.24) is 5.01 Å². The van der Waals surface area contributed by atoms with Gasteiger partial charge in [-0.2, -0.15) is 5.01 Å². The Bertz CT molecular complexity index is 2310. The van der Waals surface area contributed by atoms with E-state index >= 15 is 4.79 Å².